The summed E-state index contributed by atoms with van der Waals surface area (Å²) in [6.07, 6.45) is 1.88. The fourth-order valence-electron chi connectivity index (χ4n) is 1.98. The number of thioether (sulfide) groups is 1. The average Bonchev–Trinajstić information content (AvgIpc) is 2.45. The first-order valence-corrected chi connectivity index (χ1v) is 10.1. The van der Waals surface area contributed by atoms with E-state index in [0.717, 1.165) is 0 Å². The molecule has 0 atom stereocenters. The lowest BCUT2D eigenvalue weighted by molar-refractivity contribution is 0.0689. The predicted octanol–water partition coefficient (Wildman–Crippen LogP) is 1.98. The van der Waals surface area contributed by atoms with Gasteiger partial charge in [-0.3, -0.25) is 4.79 Å². The smallest absolute Gasteiger partial charge is 0.336 e. The fraction of sp³-hybridized carbons (Fsp3) is 0.467. The molecule has 0 saturated carbocycles. The van der Waals surface area contributed by atoms with E-state index in [0.29, 0.717) is 5.75 Å². The number of carboxylic acids is 1. The summed E-state index contributed by atoms with van der Waals surface area (Å²) in [4.78, 5) is 24.0. The summed E-state index contributed by atoms with van der Waals surface area (Å²) in [5, 5.41) is 12.0. The molecule has 9 heteroatoms. The zero-order valence-electron chi connectivity index (χ0n) is 14.0. The van der Waals surface area contributed by atoms with Crippen molar-refractivity contribution < 1.29 is 27.3 Å². The number of amides is 1. The molecule has 0 heterocycles. The van der Waals surface area contributed by atoms with E-state index in [1.165, 1.54) is 36.9 Å². The van der Waals surface area contributed by atoms with E-state index >= 15 is 0 Å². The van der Waals surface area contributed by atoms with Crippen LogP contribution in [0.3, 0.4) is 0 Å². The number of hydrogen-bond acceptors (Lipinski definition) is 6. The van der Waals surface area contributed by atoms with Crippen LogP contribution < -0.4 is 9.50 Å². The molecule has 0 aliphatic carbocycles. The maximum Gasteiger partial charge on any atom is 0.336 e. The molecule has 0 spiro atoms. The highest BCUT2D eigenvalue weighted by atomic mass is 32.2. The Labute approximate surface area is 145 Å². The van der Waals surface area contributed by atoms with E-state index in [4.69, 9.17) is 4.18 Å². The van der Waals surface area contributed by atoms with Crippen LogP contribution >= 0.6 is 11.8 Å². The summed E-state index contributed by atoms with van der Waals surface area (Å²) < 4.78 is 28.3. The van der Waals surface area contributed by atoms with Crippen LogP contribution in [0.5, 0.6) is 5.75 Å². The van der Waals surface area contributed by atoms with Gasteiger partial charge < -0.3 is 14.6 Å². The van der Waals surface area contributed by atoms with Gasteiger partial charge in [0, 0.05) is 11.3 Å². The highest BCUT2D eigenvalue weighted by molar-refractivity contribution is 7.98. The van der Waals surface area contributed by atoms with Gasteiger partial charge in [-0.05, 0) is 39.2 Å². The average molecular weight is 375 g/mol. The Morgan fingerprint density at radius 3 is 2.46 bits per heavy atom. The normalized spacial score (nSPS) is 11.8. The molecule has 0 bridgehead atoms. The van der Waals surface area contributed by atoms with E-state index < -0.39 is 27.5 Å². The van der Waals surface area contributed by atoms with Crippen LogP contribution in [-0.4, -0.2) is 48.7 Å². The molecular weight excluding hydrogens is 354 g/mol. The molecule has 0 aromatic heterocycles. The molecule has 134 valence electrons. The van der Waals surface area contributed by atoms with E-state index in [9.17, 15) is 23.1 Å². The lowest BCUT2D eigenvalue weighted by Gasteiger charge is -2.26. The Kier molecular flexibility index (Phi) is 6.67. The van der Waals surface area contributed by atoms with Crippen molar-refractivity contribution in [1.82, 2.24) is 5.32 Å². The maximum absolute atomic E-state index is 12.6. The van der Waals surface area contributed by atoms with Crippen molar-refractivity contribution in [3.8, 4) is 5.75 Å². The molecule has 1 aromatic carbocycles. The summed E-state index contributed by atoms with van der Waals surface area (Å²) >= 11 is 1.52. The summed E-state index contributed by atoms with van der Waals surface area (Å²) in [7, 11) is -3.90. The van der Waals surface area contributed by atoms with Crippen LogP contribution in [0.15, 0.2) is 18.2 Å². The Morgan fingerprint density at radius 2 is 1.96 bits per heavy atom. The van der Waals surface area contributed by atoms with Crippen molar-refractivity contribution in [3.63, 3.8) is 0 Å². The van der Waals surface area contributed by atoms with Gasteiger partial charge in [-0.1, -0.05) is 6.07 Å². The van der Waals surface area contributed by atoms with Gasteiger partial charge in [-0.2, -0.15) is 20.2 Å². The molecule has 0 saturated heterocycles. The predicted molar refractivity (Wildman–Crippen MR) is 93.4 cm³/mol. The molecule has 0 aliphatic heterocycles. The fourth-order valence-corrected chi connectivity index (χ4v) is 3.30. The minimum Gasteiger partial charge on any atom is -0.478 e. The van der Waals surface area contributed by atoms with Crippen LogP contribution in [0.25, 0.3) is 0 Å². The lowest BCUT2D eigenvalue weighted by atomic mass is 10.0. The maximum atomic E-state index is 12.6. The van der Waals surface area contributed by atoms with E-state index in [1.807, 2.05) is 6.26 Å². The summed E-state index contributed by atoms with van der Waals surface area (Å²) in [6.45, 7) is 4.96. The van der Waals surface area contributed by atoms with Gasteiger partial charge >= 0.3 is 16.1 Å². The van der Waals surface area contributed by atoms with Crippen LogP contribution in [0.2, 0.25) is 0 Å². The zero-order valence-corrected chi connectivity index (χ0v) is 15.6. The highest BCUT2D eigenvalue weighted by Gasteiger charge is 2.28. The summed E-state index contributed by atoms with van der Waals surface area (Å²) in [5.41, 5.74) is -1.24. The topological polar surface area (TPSA) is 110 Å². The second-order valence-electron chi connectivity index (χ2n) is 5.68. The van der Waals surface area contributed by atoms with Crippen molar-refractivity contribution in [1.29, 1.82) is 0 Å². The van der Waals surface area contributed by atoms with Crippen molar-refractivity contribution in [2.24, 2.45) is 0 Å². The minimum atomic E-state index is -3.90. The number of aromatic carboxylic acids is 1. The van der Waals surface area contributed by atoms with Gasteiger partial charge in [-0.15, -0.1) is 0 Å². The number of benzene rings is 1. The first kappa shape index (κ1) is 20.3. The van der Waals surface area contributed by atoms with Gasteiger partial charge in [0.25, 0.3) is 5.91 Å². The Morgan fingerprint density at radius 1 is 1.33 bits per heavy atom. The van der Waals surface area contributed by atoms with Gasteiger partial charge in [0.05, 0.1) is 16.9 Å². The second kappa shape index (κ2) is 7.89. The molecule has 1 aromatic rings. The van der Waals surface area contributed by atoms with E-state index in [2.05, 4.69) is 5.32 Å². The molecule has 7 nitrogen and oxygen atoms in total. The number of nitrogens with one attached hydrogen (secondary N) is 1. The third-order valence-electron chi connectivity index (χ3n) is 3.01. The standard InChI is InChI=1S/C15H21NO6S2/c1-5-24(20,21)22-11-8-6-7-10(14(18)19)12(11)13(17)16-15(2,3)9-23-4/h6-8H,5,9H2,1-4H3,(H,16,17)(H,18,19). The first-order valence-electron chi connectivity index (χ1n) is 7.13. The number of hydrogen-bond donors (Lipinski definition) is 2. The van der Waals surface area contributed by atoms with E-state index in [1.54, 1.807) is 13.8 Å². The number of carboxylic acid groups (broad SMARTS) is 1. The van der Waals surface area contributed by atoms with Gasteiger partial charge in [-0.25, -0.2) is 4.79 Å². The second-order valence-corrected chi connectivity index (χ2v) is 8.41. The van der Waals surface area contributed by atoms with E-state index in [-0.39, 0.29) is 22.6 Å². The summed E-state index contributed by atoms with van der Waals surface area (Å²) in [5.74, 6) is -2.05. The molecule has 1 rings (SSSR count). The molecule has 24 heavy (non-hydrogen) atoms. The molecular formula is C15H21NO6S2. The van der Waals surface area contributed by atoms with Crippen LogP contribution in [0.4, 0.5) is 0 Å². The minimum absolute atomic E-state index is 0.297. The van der Waals surface area contributed by atoms with Crippen LogP contribution in [0, 0.1) is 0 Å². The highest BCUT2D eigenvalue weighted by Crippen LogP contribution is 2.25. The molecule has 0 radical (unpaired) electrons. The third kappa shape index (κ3) is 5.41. The van der Waals surface area contributed by atoms with Crippen LogP contribution in [-0.2, 0) is 10.1 Å². The summed E-state index contributed by atoms with van der Waals surface area (Å²) in [6, 6.07) is 3.81. The first-order chi connectivity index (χ1) is 11.0. The third-order valence-corrected chi connectivity index (χ3v) is 5.16. The van der Waals surface area contributed by atoms with Crippen molar-refractivity contribution in [2.45, 2.75) is 26.3 Å². The van der Waals surface area contributed by atoms with Gasteiger partial charge in [0.1, 0.15) is 0 Å². The number of carbonyl (C=O) groups is 2. The number of carbonyl (C=O) groups excluding carboxylic acids is 1. The SMILES string of the molecule is CCS(=O)(=O)Oc1cccc(C(=O)O)c1C(=O)NC(C)(C)CSC. The molecule has 2 N–H and O–H groups in total. The van der Waals surface area contributed by atoms with Gasteiger partial charge in [0.15, 0.2) is 5.75 Å². The van der Waals surface area contributed by atoms with Crippen LogP contribution in [0.1, 0.15) is 41.5 Å². The quantitative estimate of drug-likeness (QED) is 0.669. The van der Waals surface area contributed by atoms with Crippen molar-refractivity contribution in [2.75, 3.05) is 17.8 Å². The van der Waals surface area contributed by atoms with Crippen molar-refractivity contribution in [3.05, 3.63) is 29.3 Å². The lowest BCUT2D eigenvalue weighted by Crippen LogP contribution is -2.46. The molecule has 1 amide bonds. The monoisotopic (exact) mass is 375 g/mol. The largest absolute Gasteiger partial charge is 0.478 e. The molecule has 0 unspecified atom stereocenters. The Bertz CT molecular complexity index is 727. The Balaban J connectivity index is 3.37. The van der Waals surface area contributed by atoms with Crippen molar-refractivity contribution >= 4 is 33.8 Å². The molecule has 0 fully saturated rings. The zero-order chi connectivity index (χ0) is 18.5. The number of rotatable bonds is 8. The van der Waals surface area contributed by atoms with Gasteiger partial charge in [0.2, 0.25) is 0 Å². The molecule has 0 aliphatic rings. The Hall–Kier alpha value is -1.74.